The van der Waals surface area contributed by atoms with Crippen molar-refractivity contribution in [3.63, 3.8) is 0 Å². The first-order valence-corrected chi connectivity index (χ1v) is 11.1. The summed E-state index contributed by atoms with van der Waals surface area (Å²) in [5.74, 6) is 0.742. The van der Waals surface area contributed by atoms with Crippen molar-refractivity contribution >= 4 is 45.2 Å². The lowest BCUT2D eigenvalue weighted by molar-refractivity contribution is 0.415. The average Bonchev–Trinajstić information content (AvgIpc) is 2.88. The Kier molecular flexibility index (Phi) is 4.71. The molecule has 0 bridgehead atoms. The standard InChI is InChI=1S/C27H18N4O2S/c1-33-21-12-13-23-17(15-21)14-18-16-22-25(29-24(18)28-23)30(19-8-4-2-5-9-19)27(34)31(26(22)32)20-10-6-3-7-11-20/h2-16H,1H3. The van der Waals surface area contributed by atoms with E-state index in [-0.39, 0.29) is 5.56 Å². The van der Waals surface area contributed by atoms with Crippen molar-refractivity contribution in [1.82, 2.24) is 19.1 Å². The molecule has 164 valence electrons. The molecule has 3 aromatic heterocycles. The number of nitrogens with zero attached hydrogens (tertiary/aromatic N) is 4. The van der Waals surface area contributed by atoms with Gasteiger partial charge < -0.3 is 4.74 Å². The van der Waals surface area contributed by atoms with E-state index in [1.54, 1.807) is 11.7 Å². The first-order valence-electron chi connectivity index (χ1n) is 10.7. The second-order valence-electron chi connectivity index (χ2n) is 7.88. The minimum absolute atomic E-state index is 0.224. The zero-order chi connectivity index (χ0) is 23.2. The monoisotopic (exact) mass is 462 g/mol. The Labute approximate surface area is 199 Å². The predicted octanol–water partition coefficient (Wildman–Crippen LogP) is 5.62. The zero-order valence-electron chi connectivity index (χ0n) is 18.2. The van der Waals surface area contributed by atoms with Gasteiger partial charge in [0.25, 0.3) is 5.56 Å². The SMILES string of the molecule is COc1ccc2nc3nc4c(cc3cc2c1)c(=O)n(-c1ccccc1)c(=S)n4-c1ccccc1. The molecule has 0 saturated heterocycles. The molecule has 0 radical (unpaired) electrons. The Bertz CT molecular complexity index is 1830. The Morgan fingerprint density at radius 2 is 1.44 bits per heavy atom. The number of hydrogen-bond acceptors (Lipinski definition) is 5. The highest BCUT2D eigenvalue weighted by Gasteiger charge is 2.16. The minimum Gasteiger partial charge on any atom is -0.497 e. The lowest BCUT2D eigenvalue weighted by atomic mass is 10.1. The van der Waals surface area contributed by atoms with Gasteiger partial charge in [0.15, 0.2) is 16.1 Å². The van der Waals surface area contributed by atoms with Crippen LogP contribution in [0.15, 0.2) is 95.8 Å². The van der Waals surface area contributed by atoms with Crippen LogP contribution in [0.25, 0.3) is 44.3 Å². The lowest BCUT2D eigenvalue weighted by Gasteiger charge is -2.16. The molecule has 0 aliphatic heterocycles. The summed E-state index contributed by atoms with van der Waals surface area (Å²) < 4.78 is 9.08. The zero-order valence-corrected chi connectivity index (χ0v) is 19.0. The van der Waals surface area contributed by atoms with Crippen molar-refractivity contribution in [2.75, 3.05) is 7.11 Å². The normalized spacial score (nSPS) is 11.3. The van der Waals surface area contributed by atoms with Gasteiger partial charge in [-0.2, -0.15) is 0 Å². The van der Waals surface area contributed by atoms with Crippen LogP contribution in [0.2, 0.25) is 0 Å². The smallest absolute Gasteiger partial charge is 0.268 e. The average molecular weight is 463 g/mol. The maximum absolute atomic E-state index is 13.7. The second-order valence-corrected chi connectivity index (χ2v) is 8.25. The highest BCUT2D eigenvalue weighted by atomic mass is 32.1. The van der Waals surface area contributed by atoms with E-state index in [0.29, 0.717) is 27.1 Å². The molecule has 7 heteroatoms. The van der Waals surface area contributed by atoms with Crippen LogP contribution >= 0.6 is 12.2 Å². The van der Waals surface area contributed by atoms with Gasteiger partial charge in [-0.3, -0.25) is 13.9 Å². The maximum Gasteiger partial charge on any atom is 0.268 e. The molecule has 6 nitrogen and oxygen atoms in total. The third-order valence-corrected chi connectivity index (χ3v) is 6.20. The van der Waals surface area contributed by atoms with Gasteiger partial charge >= 0.3 is 0 Å². The van der Waals surface area contributed by atoms with E-state index in [9.17, 15) is 4.79 Å². The second kappa shape index (κ2) is 7.90. The van der Waals surface area contributed by atoms with Crippen LogP contribution in [0.5, 0.6) is 5.75 Å². The lowest BCUT2D eigenvalue weighted by Crippen LogP contribution is -2.24. The summed E-state index contributed by atoms with van der Waals surface area (Å²) in [5, 5.41) is 2.13. The molecule has 34 heavy (non-hydrogen) atoms. The molecule has 0 aliphatic carbocycles. The van der Waals surface area contributed by atoms with Crippen LogP contribution in [-0.2, 0) is 0 Å². The third-order valence-electron chi connectivity index (χ3n) is 5.84. The summed E-state index contributed by atoms with van der Waals surface area (Å²) in [6, 6.07) is 28.6. The van der Waals surface area contributed by atoms with E-state index >= 15 is 0 Å². The third kappa shape index (κ3) is 3.17. The molecular weight excluding hydrogens is 444 g/mol. The summed E-state index contributed by atoms with van der Waals surface area (Å²) >= 11 is 5.85. The number of ether oxygens (including phenoxy) is 1. The summed E-state index contributed by atoms with van der Waals surface area (Å²) in [4.78, 5) is 23.3. The Morgan fingerprint density at radius 3 is 2.12 bits per heavy atom. The molecule has 3 aromatic carbocycles. The number of hydrogen-bond donors (Lipinski definition) is 0. The topological polar surface area (TPSA) is 61.9 Å². The first kappa shape index (κ1) is 20.3. The van der Waals surface area contributed by atoms with Gasteiger partial charge in [0.1, 0.15) is 5.75 Å². The van der Waals surface area contributed by atoms with Crippen molar-refractivity contribution in [1.29, 1.82) is 0 Å². The Balaban J connectivity index is 1.77. The van der Waals surface area contributed by atoms with E-state index in [1.165, 1.54) is 0 Å². The Hall–Kier alpha value is -4.36. The number of aromatic nitrogens is 4. The van der Waals surface area contributed by atoms with E-state index in [1.807, 2.05) is 95.6 Å². The largest absolute Gasteiger partial charge is 0.497 e. The molecule has 3 heterocycles. The highest BCUT2D eigenvalue weighted by molar-refractivity contribution is 7.71. The van der Waals surface area contributed by atoms with E-state index in [0.717, 1.165) is 27.7 Å². The fourth-order valence-corrected chi connectivity index (χ4v) is 4.58. The fourth-order valence-electron chi connectivity index (χ4n) is 4.20. The van der Waals surface area contributed by atoms with Crippen molar-refractivity contribution in [2.45, 2.75) is 0 Å². The number of methoxy groups -OCH3 is 1. The van der Waals surface area contributed by atoms with Crippen LogP contribution < -0.4 is 10.3 Å². The van der Waals surface area contributed by atoms with Gasteiger partial charge in [0, 0.05) is 16.5 Å². The van der Waals surface area contributed by atoms with Gasteiger partial charge in [0.2, 0.25) is 0 Å². The van der Waals surface area contributed by atoms with Crippen molar-refractivity contribution in [3.05, 3.63) is 106 Å². The number of pyridine rings is 2. The van der Waals surface area contributed by atoms with Gasteiger partial charge in [-0.15, -0.1) is 0 Å². The summed E-state index contributed by atoms with van der Waals surface area (Å²) in [6.45, 7) is 0. The molecule has 0 spiro atoms. The van der Waals surface area contributed by atoms with Gasteiger partial charge in [-0.05, 0) is 66.8 Å². The molecule has 6 aromatic rings. The minimum atomic E-state index is -0.224. The molecule has 0 saturated carbocycles. The number of para-hydroxylation sites is 2. The van der Waals surface area contributed by atoms with Crippen molar-refractivity contribution in [3.8, 4) is 17.1 Å². The van der Waals surface area contributed by atoms with E-state index < -0.39 is 0 Å². The van der Waals surface area contributed by atoms with Gasteiger partial charge in [-0.25, -0.2) is 9.97 Å². The van der Waals surface area contributed by atoms with Crippen LogP contribution in [0, 0.1) is 4.77 Å². The molecule has 0 amide bonds. The molecule has 0 fully saturated rings. The summed E-state index contributed by atoms with van der Waals surface area (Å²) in [6.07, 6.45) is 0. The number of rotatable bonds is 3. The van der Waals surface area contributed by atoms with Crippen LogP contribution in [0.1, 0.15) is 0 Å². The maximum atomic E-state index is 13.7. The van der Waals surface area contributed by atoms with Crippen molar-refractivity contribution in [2.24, 2.45) is 0 Å². The molecule has 0 unspecified atom stereocenters. The quantitative estimate of drug-likeness (QED) is 0.252. The Morgan fingerprint density at radius 1 is 0.765 bits per heavy atom. The van der Waals surface area contributed by atoms with Gasteiger partial charge in [-0.1, -0.05) is 36.4 Å². The molecule has 6 rings (SSSR count). The van der Waals surface area contributed by atoms with Crippen LogP contribution in [-0.4, -0.2) is 26.2 Å². The van der Waals surface area contributed by atoms with Crippen molar-refractivity contribution < 1.29 is 4.74 Å². The van der Waals surface area contributed by atoms with E-state index in [4.69, 9.17) is 26.9 Å². The number of fused-ring (bicyclic) bond motifs is 3. The first-order chi connectivity index (χ1) is 16.6. The molecular formula is C27H18N4O2S. The van der Waals surface area contributed by atoms with Crippen LogP contribution in [0.3, 0.4) is 0 Å². The molecule has 0 aliphatic rings. The fraction of sp³-hybridized carbons (Fsp3) is 0.0370. The molecule has 0 N–H and O–H groups in total. The predicted molar refractivity (Wildman–Crippen MR) is 137 cm³/mol. The van der Waals surface area contributed by atoms with Crippen LogP contribution in [0.4, 0.5) is 0 Å². The summed E-state index contributed by atoms with van der Waals surface area (Å²) in [7, 11) is 1.63. The van der Waals surface area contributed by atoms with Gasteiger partial charge in [0.05, 0.1) is 23.7 Å². The van der Waals surface area contributed by atoms with E-state index in [2.05, 4.69) is 0 Å². The number of benzene rings is 3. The highest BCUT2D eigenvalue weighted by Crippen LogP contribution is 2.26. The molecule has 0 atom stereocenters. The summed E-state index contributed by atoms with van der Waals surface area (Å²) in [5.41, 5.74) is 3.11.